The molecule has 6 N–H and O–H groups in total. The molecule has 69 heavy (non-hydrogen) atoms. The van der Waals surface area contributed by atoms with Crippen molar-refractivity contribution in [3.05, 3.63) is 81.3 Å². The number of nitrogens with zero attached hydrogens (tertiary/aromatic N) is 1. The van der Waals surface area contributed by atoms with E-state index in [1.807, 2.05) is 30.5 Å². The fourth-order valence-electron chi connectivity index (χ4n) is 13.6. The van der Waals surface area contributed by atoms with Gasteiger partial charge >= 0.3 is 5.97 Å². The van der Waals surface area contributed by atoms with Gasteiger partial charge in [0.2, 0.25) is 5.76 Å². The number of piperidine rings is 1. The second kappa shape index (κ2) is 19.4. The Balaban J connectivity index is 1.19. The van der Waals surface area contributed by atoms with Crippen LogP contribution in [0.2, 0.25) is 0 Å². The summed E-state index contributed by atoms with van der Waals surface area (Å²) in [6.45, 7) is 3.42. The van der Waals surface area contributed by atoms with Crippen molar-refractivity contribution in [2.24, 2.45) is 35.5 Å². The molecular formula is C54H66N2O13. The van der Waals surface area contributed by atoms with E-state index in [1.165, 1.54) is 0 Å². The normalized spacial score (nSPS) is 30.7. The van der Waals surface area contributed by atoms with Crippen molar-refractivity contribution in [3.8, 4) is 17.2 Å². The van der Waals surface area contributed by atoms with Crippen LogP contribution in [0.1, 0.15) is 92.0 Å². The molecule has 1 saturated heterocycles. The maximum atomic E-state index is 14.6. The molecule has 1 spiro atoms. The zero-order chi connectivity index (χ0) is 48.2. The number of hydrogen-bond donors (Lipinski definition) is 6. The monoisotopic (exact) mass is 950 g/mol. The maximum absolute atomic E-state index is 14.6. The van der Waals surface area contributed by atoms with Gasteiger partial charge < -0.3 is 59.1 Å². The first-order chi connectivity index (χ1) is 33.6. The Bertz CT molecular complexity index is 2600. The lowest BCUT2D eigenvalue weighted by Gasteiger charge is -2.61. The van der Waals surface area contributed by atoms with Gasteiger partial charge in [0.1, 0.15) is 28.6 Å². The molecule has 15 nitrogen and oxygen atoms in total. The minimum Gasteiger partial charge on any atom is -0.492 e. The molecule has 15 heteroatoms. The first-order valence-electron chi connectivity index (χ1n) is 25.1. The quantitative estimate of drug-likeness (QED) is 0.0619. The van der Waals surface area contributed by atoms with Crippen LogP contribution < -0.4 is 14.2 Å². The number of aldehydes is 1. The Labute approximate surface area is 402 Å². The molecule has 5 heterocycles. The average molecular weight is 951 g/mol. The number of fused-ring (bicyclic) bond motifs is 11. The number of methoxy groups -OCH3 is 1. The van der Waals surface area contributed by atoms with E-state index in [4.69, 9.17) is 23.7 Å². The van der Waals surface area contributed by atoms with Crippen molar-refractivity contribution in [2.75, 3.05) is 66.4 Å². The Morgan fingerprint density at radius 1 is 1.04 bits per heavy atom. The molecule has 3 aromatic rings. The van der Waals surface area contributed by atoms with Gasteiger partial charge in [0.25, 0.3) is 0 Å². The van der Waals surface area contributed by atoms with Crippen molar-refractivity contribution >= 4 is 34.5 Å². The molecule has 1 aromatic heterocycles. The molecule has 10 rings (SSSR count). The van der Waals surface area contributed by atoms with Crippen LogP contribution in [0, 0.1) is 35.5 Å². The fourth-order valence-corrected chi connectivity index (χ4v) is 13.6. The topological polar surface area (TPSA) is 218 Å². The first-order valence-corrected chi connectivity index (χ1v) is 25.1. The van der Waals surface area contributed by atoms with Crippen LogP contribution in [0.5, 0.6) is 17.2 Å². The van der Waals surface area contributed by atoms with Gasteiger partial charge in [-0.05, 0) is 136 Å². The number of likely N-dealkylation sites (tertiary alicyclic amines) is 1. The highest BCUT2D eigenvalue weighted by Crippen LogP contribution is 2.64. The number of allylic oxidation sites excluding steroid dienone is 4. The highest BCUT2D eigenvalue weighted by atomic mass is 16.6. The summed E-state index contributed by atoms with van der Waals surface area (Å²) in [6, 6.07) is 5.99. The highest BCUT2D eigenvalue weighted by molar-refractivity contribution is 6.11. The van der Waals surface area contributed by atoms with Gasteiger partial charge in [-0.1, -0.05) is 11.6 Å². The number of hydrogen-bond acceptors (Lipinski definition) is 14. The molecule has 4 aliphatic heterocycles. The molecule has 2 saturated carbocycles. The van der Waals surface area contributed by atoms with Crippen molar-refractivity contribution < 1.29 is 63.6 Å². The lowest BCUT2D eigenvalue weighted by Crippen LogP contribution is -2.71. The number of rotatable bonds is 12. The second-order valence-corrected chi connectivity index (χ2v) is 20.4. The number of benzene rings is 2. The Kier molecular flexibility index (Phi) is 13.4. The van der Waals surface area contributed by atoms with E-state index in [0.717, 1.165) is 60.9 Å². The summed E-state index contributed by atoms with van der Waals surface area (Å²) in [5, 5.41) is 58.8. The SMILES string of the molecule is CCOC(=O)C1=C(C=O)C2=C3CC(CO)C(=O)C(C3)c3cc4cc[nH]c4cc3CCC(CO)COc3c4c(c(CO)c(c32)O1)OC1(C=CC(CCO)C2CCC3CN(CCCOC)CCC3C21O)C4. The number of aromatic nitrogens is 1. The summed E-state index contributed by atoms with van der Waals surface area (Å²) < 4.78 is 31.8. The highest BCUT2D eigenvalue weighted by Gasteiger charge is 2.68. The van der Waals surface area contributed by atoms with Crippen LogP contribution in [-0.4, -0.2) is 131 Å². The maximum Gasteiger partial charge on any atom is 0.375 e. The number of aliphatic hydroxyl groups is 5. The fraction of sp³-hybridized carbons (Fsp3) is 0.574. The lowest BCUT2D eigenvalue weighted by atomic mass is 9.50. The first kappa shape index (κ1) is 47.8. The molecule has 0 amide bonds. The number of ketones is 1. The summed E-state index contributed by atoms with van der Waals surface area (Å²) in [7, 11) is 1.71. The average Bonchev–Trinajstić information content (AvgIpc) is 3.99. The molecular weight excluding hydrogens is 885 g/mol. The molecule has 0 radical (unpaired) electrons. The molecule has 3 fully saturated rings. The molecule has 2 bridgehead atoms. The third-order valence-corrected chi connectivity index (χ3v) is 16.9. The summed E-state index contributed by atoms with van der Waals surface area (Å²) in [5.74, 6) is -3.36. The number of nitrogens with one attached hydrogen (secondary N) is 1. The van der Waals surface area contributed by atoms with Crippen LogP contribution in [0.15, 0.2) is 53.5 Å². The number of carbonyl (C=O) groups is 3. The largest absolute Gasteiger partial charge is 0.492 e. The van der Waals surface area contributed by atoms with Crippen molar-refractivity contribution in [2.45, 2.75) is 94.9 Å². The Hall–Kier alpha value is -4.87. The number of aromatic amines is 1. The van der Waals surface area contributed by atoms with Gasteiger partial charge in [-0.3, -0.25) is 9.59 Å². The standard InChI is InChI=1S/C54H66N2O13/c1-3-66-52(63)51-40(27-60)45-35-19-36(26-59)47(62)38(21-35)37-20-33-10-14-55-44(33)22-32(37)6-5-30(25-58)29-67-49-39-23-53(69-48(39)41(28-61)50(68-51)46(45)49)13-9-31(12-17-57)42-8-7-34-24-56(15-4-18-65-2)16-11-43(34)54(42,53)64/h9-10,13-14,20,22,27,30-31,34,36,38,42-43,55,57-59,61,64H,3-8,11-12,15-19,21,23-26,28-29H2,1-2H3. The van der Waals surface area contributed by atoms with Crippen LogP contribution >= 0.6 is 0 Å². The van der Waals surface area contributed by atoms with Gasteiger partial charge in [-0.2, -0.15) is 0 Å². The van der Waals surface area contributed by atoms with E-state index < -0.39 is 53.9 Å². The number of aliphatic hydroxyl groups excluding tert-OH is 4. The van der Waals surface area contributed by atoms with Crippen LogP contribution in [0.4, 0.5) is 0 Å². The molecule has 370 valence electrons. The summed E-state index contributed by atoms with van der Waals surface area (Å²) in [6.07, 6.45) is 11.4. The van der Waals surface area contributed by atoms with Gasteiger partial charge in [0, 0.05) is 87.0 Å². The number of ether oxygens (including phenoxy) is 5. The van der Waals surface area contributed by atoms with Crippen LogP contribution in [0.25, 0.3) is 16.5 Å². The van der Waals surface area contributed by atoms with Crippen molar-refractivity contribution in [3.63, 3.8) is 0 Å². The van der Waals surface area contributed by atoms with Crippen molar-refractivity contribution in [1.82, 2.24) is 9.88 Å². The molecule has 2 aromatic carbocycles. The predicted octanol–water partition coefficient (Wildman–Crippen LogP) is 4.87. The van der Waals surface area contributed by atoms with E-state index in [2.05, 4.69) is 16.0 Å². The Morgan fingerprint density at radius 2 is 1.90 bits per heavy atom. The van der Waals surface area contributed by atoms with Crippen LogP contribution in [-0.2, 0) is 43.3 Å². The Morgan fingerprint density at radius 3 is 2.65 bits per heavy atom. The van der Waals surface area contributed by atoms with Crippen LogP contribution in [0.3, 0.4) is 0 Å². The number of esters is 1. The smallest absolute Gasteiger partial charge is 0.375 e. The van der Waals surface area contributed by atoms with E-state index in [1.54, 1.807) is 14.0 Å². The second-order valence-electron chi connectivity index (χ2n) is 20.4. The predicted molar refractivity (Wildman–Crippen MR) is 253 cm³/mol. The third-order valence-electron chi connectivity index (χ3n) is 16.9. The van der Waals surface area contributed by atoms with E-state index >= 15 is 0 Å². The molecule has 7 aliphatic rings. The van der Waals surface area contributed by atoms with Gasteiger partial charge in [0.05, 0.1) is 43.1 Å². The van der Waals surface area contributed by atoms with E-state index in [9.17, 15) is 39.9 Å². The van der Waals surface area contributed by atoms with Crippen molar-refractivity contribution in [1.29, 1.82) is 0 Å². The minimum atomic E-state index is -1.44. The number of Topliss-reactive ketones (excluding diaryl/α,β-unsaturated/α-hetero) is 1. The van der Waals surface area contributed by atoms with E-state index in [0.29, 0.717) is 55.3 Å². The van der Waals surface area contributed by atoms with Gasteiger partial charge in [0.15, 0.2) is 11.9 Å². The van der Waals surface area contributed by atoms with Gasteiger partial charge in [-0.15, -0.1) is 0 Å². The summed E-state index contributed by atoms with van der Waals surface area (Å²) >= 11 is 0. The third kappa shape index (κ3) is 7.87. The summed E-state index contributed by atoms with van der Waals surface area (Å²) in [5.41, 5.74) is 1.57. The summed E-state index contributed by atoms with van der Waals surface area (Å²) in [4.78, 5) is 48.1. The number of H-pyrrole nitrogens is 1. The number of aryl methyl sites for hydroxylation is 1. The zero-order valence-electron chi connectivity index (χ0n) is 39.7. The zero-order valence-corrected chi connectivity index (χ0v) is 39.7. The minimum absolute atomic E-state index is 0.0148. The lowest BCUT2D eigenvalue weighted by molar-refractivity contribution is -0.225. The number of carbonyl (C=O) groups excluding carboxylic acids is 3. The molecule has 9 atom stereocenters. The molecule has 3 aliphatic carbocycles. The van der Waals surface area contributed by atoms with E-state index in [-0.39, 0.29) is 109 Å². The van der Waals surface area contributed by atoms with Gasteiger partial charge in [-0.25, -0.2) is 4.79 Å². The molecule has 9 unspecified atom stereocenters.